The Morgan fingerprint density at radius 2 is 1.85 bits per heavy atom. The zero-order valence-electron chi connectivity index (χ0n) is 8.34. The zero-order chi connectivity index (χ0) is 9.31. The SMILES string of the molecule is CC1(C)CCc2ccccc2CS1. The summed E-state index contributed by atoms with van der Waals surface area (Å²) in [4.78, 5) is 0. The summed E-state index contributed by atoms with van der Waals surface area (Å²) < 4.78 is 0.457. The van der Waals surface area contributed by atoms with E-state index in [9.17, 15) is 0 Å². The van der Waals surface area contributed by atoms with Crippen LogP contribution in [-0.2, 0) is 12.2 Å². The van der Waals surface area contributed by atoms with Crippen molar-refractivity contribution in [3.8, 4) is 0 Å². The molecule has 0 aliphatic carbocycles. The van der Waals surface area contributed by atoms with Crippen molar-refractivity contribution in [1.29, 1.82) is 0 Å². The standard InChI is InChI=1S/C12H16S/c1-12(2)8-7-10-5-3-4-6-11(10)9-13-12/h3-6H,7-9H2,1-2H3. The molecule has 2 rings (SSSR count). The van der Waals surface area contributed by atoms with E-state index in [1.165, 1.54) is 24.2 Å². The molecule has 1 aromatic rings. The predicted molar refractivity (Wildman–Crippen MR) is 60.1 cm³/mol. The molecule has 0 atom stereocenters. The first-order chi connectivity index (χ1) is 6.17. The van der Waals surface area contributed by atoms with Crippen molar-refractivity contribution in [2.24, 2.45) is 0 Å². The van der Waals surface area contributed by atoms with Gasteiger partial charge in [-0.3, -0.25) is 0 Å². The summed E-state index contributed by atoms with van der Waals surface area (Å²) in [7, 11) is 0. The van der Waals surface area contributed by atoms with E-state index < -0.39 is 0 Å². The van der Waals surface area contributed by atoms with Gasteiger partial charge in [0.05, 0.1) is 0 Å². The van der Waals surface area contributed by atoms with Gasteiger partial charge in [0, 0.05) is 10.5 Å². The van der Waals surface area contributed by atoms with Gasteiger partial charge in [-0.25, -0.2) is 0 Å². The lowest BCUT2D eigenvalue weighted by molar-refractivity contribution is 0.644. The first-order valence-electron chi connectivity index (χ1n) is 4.88. The third-order valence-corrected chi connectivity index (χ3v) is 4.17. The predicted octanol–water partition coefficient (Wildman–Crippen LogP) is 3.64. The van der Waals surface area contributed by atoms with Crippen molar-refractivity contribution in [2.45, 2.75) is 37.2 Å². The Labute approximate surface area is 84.7 Å². The molecule has 1 aliphatic heterocycles. The smallest absolute Gasteiger partial charge is 0.0192 e. The van der Waals surface area contributed by atoms with Crippen LogP contribution in [0.25, 0.3) is 0 Å². The Balaban J connectivity index is 2.27. The highest BCUT2D eigenvalue weighted by molar-refractivity contribution is 7.99. The summed E-state index contributed by atoms with van der Waals surface area (Å²) in [6.07, 6.45) is 2.55. The second kappa shape index (κ2) is 3.38. The minimum Gasteiger partial charge on any atom is -0.151 e. The van der Waals surface area contributed by atoms with Crippen molar-refractivity contribution in [1.82, 2.24) is 0 Å². The van der Waals surface area contributed by atoms with Crippen molar-refractivity contribution >= 4 is 11.8 Å². The molecular weight excluding hydrogens is 176 g/mol. The molecule has 0 fully saturated rings. The highest BCUT2D eigenvalue weighted by atomic mass is 32.2. The minimum absolute atomic E-state index is 0.457. The minimum atomic E-state index is 0.457. The highest BCUT2D eigenvalue weighted by Crippen LogP contribution is 2.36. The summed E-state index contributed by atoms with van der Waals surface area (Å²) in [5.74, 6) is 1.18. The van der Waals surface area contributed by atoms with Gasteiger partial charge in [0.25, 0.3) is 0 Å². The van der Waals surface area contributed by atoms with Gasteiger partial charge in [0.1, 0.15) is 0 Å². The van der Waals surface area contributed by atoms with Crippen LogP contribution in [0.2, 0.25) is 0 Å². The molecule has 0 aromatic heterocycles. The summed E-state index contributed by atoms with van der Waals surface area (Å²) >= 11 is 2.08. The molecule has 1 heterocycles. The maximum Gasteiger partial charge on any atom is 0.0192 e. The summed E-state index contributed by atoms with van der Waals surface area (Å²) in [5.41, 5.74) is 3.10. The number of aryl methyl sites for hydroxylation is 1. The van der Waals surface area contributed by atoms with Crippen LogP contribution >= 0.6 is 11.8 Å². The Bertz CT molecular complexity index is 273. The molecule has 0 radical (unpaired) electrons. The first kappa shape index (κ1) is 9.14. The summed E-state index contributed by atoms with van der Waals surface area (Å²) in [6, 6.07) is 8.85. The highest BCUT2D eigenvalue weighted by Gasteiger charge is 2.22. The number of hydrogen-bond acceptors (Lipinski definition) is 1. The second-order valence-corrected chi connectivity index (χ2v) is 6.00. The van der Waals surface area contributed by atoms with Gasteiger partial charge in [-0.15, -0.1) is 0 Å². The largest absolute Gasteiger partial charge is 0.151 e. The van der Waals surface area contributed by atoms with Crippen LogP contribution in [0.3, 0.4) is 0 Å². The van der Waals surface area contributed by atoms with Crippen LogP contribution in [0, 0.1) is 0 Å². The molecule has 1 aromatic carbocycles. The van der Waals surface area contributed by atoms with E-state index >= 15 is 0 Å². The van der Waals surface area contributed by atoms with E-state index in [2.05, 4.69) is 49.9 Å². The fraction of sp³-hybridized carbons (Fsp3) is 0.500. The van der Waals surface area contributed by atoms with Crippen LogP contribution < -0.4 is 0 Å². The lowest BCUT2D eigenvalue weighted by Crippen LogP contribution is -2.13. The third-order valence-electron chi connectivity index (χ3n) is 2.73. The molecule has 1 heteroatoms. The van der Waals surface area contributed by atoms with Crippen molar-refractivity contribution in [3.63, 3.8) is 0 Å². The Morgan fingerprint density at radius 3 is 2.62 bits per heavy atom. The van der Waals surface area contributed by atoms with Gasteiger partial charge < -0.3 is 0 Å². The zero-order valence-corrected chi connectivity index (χ0v) is 9.16. The molecule has 70 valence electrons. The number of fused-ring (bicyclic) bond motifs is 1. The average Bonchev–Trinajstić information content (AvgIpc) is 2.27. The molecule has 0 N–H and O–H groups in total. The third kappa shape index (κ3) is 2.08. The average molecular weight is 192 g/mol. The number of benzene rings is 1. The van der Waals surface area contributed by atoms with Crippen molar-refractivity contribution in [2.75, 3.05) is 0 Å². The van der Waals surface area contributed by atoms with Gasteiger partial charge in [0.15, 0.2) is 0 Å². The van der Waals surface area contributed by atoms with E-state index in [4.69, 9.17) is 0 Å². The molecule has 13 heavy (non-hydrogen) atoms. The van der Waals surface area contributed by atoms with Gasteiger partial charge in [0.2, 0.25) is 0 Å². The van der Waals surface area contributed by atoms with E-state index in [1.54, 1.807) is 5.56 Å². The Kier molecular flexibility index (Phi) is 2.37. The number of hydrogen-bond donors (Lipinski definition) is 0. The molecule has 0 saturated carbocycles. The van der Waals surface area contributed by atoms with E-state index in [-0.39, 0.29) is 0 Å². The summed E-state index contributed by atoms with van der Waals surface area (Å²) in [5, 5.41) is 0. The van der Waals surface area contributed by atoms with Crippen LogP contribution in [0.5, 0.6) is 0 Å². The van der Waals surface area contributed by atoms with Crippen LogP contribution in [-0.4, -0.2) is 4.75 Å². The van der Waals surface area contributed by atoms with Gasteiger partial charge >= 0.3 is 0 Å². The topological polar surface area (TPSA) is 0 Å². The van der Waals surface area contributed by atoms with Gasteiger partial charge in [-0.05, 0) is 24.0 Å². The molecule has 0 saturated heterocycles. The van der Waals surface area contributed by atoms with Crippen molar-refractivity contribution in [3.05, 3.63) is 35.4 Å². The van der Waals surface area contributed by atoms with Crippen LogP contribution in [0.4, 0.5) is 0 Å². The molecule has 0 amide bonds. The van der Waals surface area contributed by atoms with E-state index in [0.717, 1.165) is 0 Å². The fourth-order valence-corrected chi connectivity index (χ4v) is 2.80. The van der Waals surface area contributed by atoms with E-state index in [0.29, 0.717) is 4.75 Å². The van der Waals surface area contributed by atoms with Crippen molar-refractivity contribution < 1.29 is 0 Å². The lowest BCUT2D eigenvalue weighted by atomic mass is 9.99. The number of thioether (sulfide) groups is 1. The second-order valence-electron chi connectivity index (χ2n) is 4.32. The fourth-order valence-electron chi connectivity index (χ4n) is 1.72. The van der Waals surface area contributed by atoms with Gasteiger partial charge in [-0.1, -0.05) is 38.1 Å². The monoisotopic (exact) mass is 192 g/mol. The van der Waals surface area contributed by atoms with Gasteiger partial charge in [-0.2, -0.15) is 11.8 Å². The summed E-state index contributed by atoms with van der Waals surface area (Å²) in [6.45, 7) is 4.70. The van der Waals surface area contributed by atoms with Crippen LogP contribution in [0.1, 0.15) is 31.4 Å². The molecule has 0 nitrogen and oxygen atoms in total. The maximum absolute atomic E-state index is 2.35. The molecule has 0 bridgehead atoms. The first-order valence-corrected chi connectivity index (χ1v) is 5.87. The maximum atomic E-state index is 2.35. The van der Waals surface area contributed by atoms with E-state index in [1.807, 2.05) is 0 Å². The molecular formula is C12H16S. The Hall–Kier alpha value is -0.430. The molecule has 0 spiro atoms. The quantitative estimate of drug-likeness (QED) is 0.604. The van der Waals surface area contributed by atoms with Crippen LogP contribution in [0.15, 0.2) is 24.3 Å². The molecule has 1 aliphatic rings. The number of rotatable bonds is 0. The Morgan fingerprint density at radius 1 is 1.15 bits per heavy atom. The normalized spacial score (nSPS) is 20.5. The lowest BCUT2D eigenvalue weighted by Gasteiger charge is -2.20. The molecule has 0 unspecified atom stereocenters.